The summed E-state index contributed by atoms with van der Waals surface area (Å²) >= 11 is 0. The Bertz CT molecular complexity index is 2190. The molecule has 0 atom stereocenters. The van der Waals surface area contributed by atoms with Crippen LogP contribution in [-0.2, 0) is 0 Å². The molecule has 0 N–H and O–H groups in total. The minimum atomic E-state index is 0.770. The summed E-state index contributed by atoms with van der Waals surface area (Å²) in [6, 6.07) is 57.3. The van der Waals surface area contributed by atoms with Crippen LogP contribution in [0.3, 0.4) is 0 Å². The maximum absolute atomic E-state index is 6.33. The largest absolute Gasteiger partial charge is 0.457 e. The van der Waals surface area contributed by atoms with Gasteiger partial charge in [0, 0.05) is 43.0 Å². The fourth-order valence-corrected chi connectivity index (χ4v) is 6.45. The minimum absolute atomic E-state index is 0.770. The lowest BCUT2D eigenvalue weighted by Crippen LogP contribution is -2.21. The smallest absolute Gasteiger partial charge is 0.129 e. The van der Waals surface area contributed by atoms with E-state index in [4.69, 9.17) is 9.72 Å². The van der Waals surface area contributed by atoms with Crippen LogP contribution in [0, 0.1) is 0 Å². The van der Waals surface area contributed by atoms with Gasteiger partial charge in [-0.1, -0.05) is 121 Å². The highest BCUT2D eigenvalue weighted by Crippen LogP contribution is 2.41. The van der Waals surface area contributed by atoms with Crippen molar-refractivity contribution in [2.45, 2.75) is 0 Å². The predicted molar refractivity (Wildman–Crippen MR) is 202 cm³/mol. The van der Waals surface area contributed by atoms with Crippen molar-refractivity contribution < 1.29 is 4.74 Å². The standard InChI is InChI=1S/C45H35N3O/c1-47-27-28-48(32-47)39-16-9-18-41(31-39)49-40-17-8-15-38(29-40)44-30-37(25-26-46-44)33-21-23-36(24-22-33)45-42(34-11-4-2-5-12-34)19-10-20-43(45)35-13-6-3-7-14-35/h2-31H,32H2,1H3. The van der Waals surface area contributed by atoms with Crippen LogP contribution in [0.25, 0.3) is 55.8 Å². The number of hydrogen-bond donors (Lipinski definition) is 0. The van der Waals surface area contributed by atoms with E-state index in [1.54, 1.807) is 0 Å². The van der Waals surface area contributed by atoms with E-state index < -0.39 is 0 Å². The van der Waals surface area contributed by atoms with Gasteiger partial charge in [0.05, 0.1) is 12.4 Å². The summed E-state index contributed by atoms with van der Waals surface area (Å²) in [4.78, 5) is 9.07. The zero-order valence-electron chi connectivity index (χ0n) is 27.3. The topological polar surface area (TPSA) is 28.6 Å². The summed E-state index contributed by atoms with van der Waals surface area (Å²) in [5.74, 6) is 1.57. The number of anilines is 1. The zero-order chi connectivity index (χ0) is 33.0. The van der Waals surface area contributed by atoms with E-state index in [9.17, 15) is 0 Å². The van der Waals surface area contributed by atoms with E-state index in [-0.39, 0.29) is 0 Å². The van der Waals surface area contributed by atoms with Crippen molar-refractivity contribution in [2.24, 2.45) is 0 Å². The van der Waals surface area contributed by atoms with Crippen LogP contribution in [0.2, 0.25) is 0 Å². The quantitative estimate of drug-likeness (QED) is 0.166. The van der Waals surface area contributed by atoms with E-state index in [0.717, 1.165) is 46.2 Å². The molecule has 0 bridgehead atoms. The molecule has 0 aliphatic carbocycles. The molecule has 6 aromatic carbocycles. The third kappa shape index (κ3) is 6.45. The summed E-state index contributed by atoms with van der Waals surface area (Å²) in [5, 5.41) is 0. The van der Waals surface area contributed by atoms with Gasteiger partial charge in [-0.15, -0.1) is 0 Å². The highest BCUT2D eigenvalue weighted by Gasteiger charge is 2.15. The molecule has 0 amide bonds. The second-order valence-electron chi connectivity index (χ2n) is 12.3. The van der Waals surface area contributed by atoms with Gasteiger partial charge >= 0.3 is 0 Å². The lowest BCUT2D eigenvalue weighted by atomic mass is 9.87. The highest BCUT2D eigenvalue weighted by atomic mass is 16.5. The molecule has 236 valence electrons. The van der Waals surface area contributed by atoms with Crippen molar-refractivity contribution in [3.8, 4) is 67.3 Å². The van der Waals surface area contributed by atoms with Crippen molar-refractivity contribution >= 4 is 5.69 Å². The monoisotopic (exact) mass is 633 g/mol. The van der Waals surface area contributed by atoms with Crippen LogP contribution in [0.5, 0.6) is 11.5 Å². The molecule has 49 heavy (non-hydrogen) atoms. The van der Waals surface area contributed by atoms with Crippen LogP contribution in [0.15, 0.2) is 182 Å². The number of pyridine rings is 1. The fraction of sp³-hybridized carbons (Fsp3) is 0.0444. The van der Waals surface area contributed by atoms with Crippen LogP contribution in [-0.4, -0.2) is 23.6 Å². The third-order valence-electron chi connectivity index (χ3n) is 8.89. The molecule has 0 saturated heterocycles. The minimum Gasteiger partial charge on any atom is -0.457 e. The number of rotatable bonds is 8. The van der Waals surface area contributed by atoms with E-state index >= 15 is 0 Å². The van der Waals surface area contributed by atoms with Gasteiger partial charge in [-0.25, -0.2) is 0 Å². The summed E-state index contributed by atoms with van der Waals surface area (Å²) in [7, 11) is 2.06. The van der Waals surface area contributed by atoms with E-state index in [2.05, 4.69) is 169 Å². The van der Waals surface area contributed by atoms with Crippen LogP contribution < -0.4 is 9.64 Å². The molecule has 0 spiro atoms. The maximum atomic E-state index is 6.33. The predicted octanol–water partition coefficient (Wildman–Crippen LogP) is 11.4. The normalized spacial score (nSPS) is 12.3. The van der Waals surface area contributed by atoms with Gasteiger partial charge in [0.2, 0.25) is 0 Å². The van der Waals surface area contributed by atoms with Crippen molar-refractivity contribution in [3.63, 3.8) is 0 Å². The van der Waals surface area contributed by atoms with Crippen LogP contribution in [0.1, 0.15) is 0 Å². The Hall–Kier alpha value is -6.39. The van der Waals surface area contributed by atoms with Crippen molar-refractivity contribution in [2.75, 3.05) is 18.6 Å². The van der Waals surface area contributed by atoms with Gasteiger partial charge < -0.3 is 14.5 Å². The molecular formula is C45H35N3O. The molecule has 0 radical (unpaired) electrons. The van der Waals surface area contributed by atoms with E-state index in [0.29, 0.717) is 0 Å². The molecule has 0 unspecified atom stereocenters. The van der Waals surface area contributed by atoms with Gasteiger partial charge in [0.15, 0.2) is 0 Å². The van der Waals surface area contributed by atoms with Crippen molar-refractivity contribution in [3.05, 3.63) is 182 Å². The van der Waals surface area contributed by atoms with Crippen molar-refractivity contribution in [1.82, 2.24) is 9.88 Å². The molecule has 1 aliphatic heterocycles. The average molecular weight is 634 g/mol. The molecule has 0 fully saturated rings. The second-order valence-corrected chi connectivity index (χ2v) is 12.3. The van der Waals surface area contributed by atoms with E-state index in [1.165, 1.54) is 33.4 Å². The first kappa shape index (κ1) is 30.0. The fourth-order valence-electron chi connectivity index (χ4n) is 6.45. The molecule has 1 aliphatic rings. The van der Waals surface area contributed by atoms with Crippen LogP contribution >= 0.6 is 0 Å². The number of ether oxygens (including phenoxy) is 1. The first-order chi connectivity index (χ1) is 24.2. The van der Waals surface area contributed by atoms with Crippen molar-refractivity contribution in [1.29, 1.82) is 0 Å². The molecule has 7 aromatic rings. The third-order valence-corrected chi connectivity index (χ3v) is 8.89. The highest BCUT2D eigenvalue weighted by molar-refractivity contribution is 5.95. The molecule has 0 saturated carbocycles. The zero-order valence-corrected chi connectivity index (χ0v) is 27.3. The lowest BCUT2D eigenvalue weighted by Gasteiger charge is -2.19. The summed E-state index contributed by atoms with van der Waals surface area (Å²) in [6.07, 6.45) is 6.03. The van der Waals surface area contributed by atoms with Gasteiger partial charge in [-0.3, -0.25) is 4.98 Å². The lowest BCUT2D eigenvalue weighted by molar-refractivity contribution is 0.481. The van der Waals surface area contributed by atoms with Gasteiger partial charge in [0.25, 0.3) is 0 Å². The first-order valence-electron chi connectivity index (χ1n) is 16.5. The Kier molecular flexibility index (Phi) is 8.19. The van der Waals surface area contributed by atoms with Gasteiger partial charge in [-0.05, 0) is 80.9 Å². The Morgan fingerprint density at radius 3 is 1.78 bits per heavy atom. The summed E-state index contributed by atoms with van der Waals surface area (Å²) in [6.45, 7) is 0.819. The number of nitrogens with zero attached hydrogens (tertiary/aromatic N) is 3. The molecule has 4 nitrogen and oxygen atoms in total. The van der Waals surface area contributed by atoms with Gasteiger partial charge in [0.1, 0.15) is 11.5 Å². The Balaban J connectivity index is 1.08. The van der Waals surface area contributed by atoms with E-state index in [1.807, 2.05) is 30.5 Å². The van der Waals surface area contributed by atoms with Crippen LogP contribution in [0.4, 0.5) is 5.69 Å². The first-order valence-corrected chi connectivity index (χ1v) is 16.5. The number of hydrogen-bond acceptors (Lipinski definition) is 4. The Labute approximate surface area is 287 Å². The Morgan fingerprint density at radius 1 is 0.490 bits per heavy atom. The maximum Gasteiger partial charge on any atom is 0.129 e. The number of benzene rings is 6. The molecule has 2 heterocycles. The van der Waals surface area contributed by atoms with Gasteiger partial charge in [-0.2, -0.15) is 0 Å². The average Bonchev–Trinajstić information content (AvgIpc) is 3.62. The molecule has 1 aromatic heterocycles. The number of aromatic nitrogens is 1. The summed E-state index contributed by atoms with van der Waals surface area (Å²) < 4.78 is 6.33. The molecule has 8 rings (SSSR count). The Morgan fingerprint density at radius 2 is 1.10 bits per heavy atom. The summed E-state index contributed by atoms with van der Waals surface area (Å²) in [5.41, 5.74) is 12.5. The molecular weight excluding hydrogens is 599 g/mol. The SMILES string of the molecule is CN1C=CN(c2cccc(Oc3cccc(-c4cc(-c5ccc(-c6c(-c7ccccc7)cccc6-c6ccccc6)cc5)ccn4)c3)c2)C1. The second kappa shape index (κ2) is 13.4. The molecule has 4 heteroatoms.